The molecule has 0 atom stereocenters. The lowest BCUT2D eigenvalue weighted by Crippen LogP contribution is -2.29. The number of benzene rings is 1. The number of carbonyl (C=O) groups is 1. The van der Waals surface area contributed by atoms with Gasteiger partial charge in [0.1, 0.15) is 5.82 Å². The van der Waals surface area contributed by atoms with Crippen molar-refractivity contribution in [1.29, 1.82) is 0 Å². The summed E-state index contributed by atoms with van der Waals surface area (Å²) in [5, 5.41) is 4.67. The van der Waals surface area contributed by atoms with Crippen LogP contribution in [-0.2, 0) is 13.5 Å². The summed E-state index contributed by atoms with van der Waals surface area (Å²) in [5.74, 6) is -0.595. The molecular weight excluding hydrogens is 369 g/mol. The first-order valence-electron chi connectivity index (χ1n) is 9.26. The molecule has 0 unspecified atom stereocenters. The van der Waals surface area contributed by atoms with Gasteiger partial charge in [-0.3, -0.25) is 14.5 Å². The predicted octanol–water partition coefficient (Wildman–Crippen LogP) is 3.48. The average molecular weight is 389 g/mol. The van der Waals surface area contributed by atoms with Crippen molar-refractivity contribution in [1.82, 2.24) is 24.6 Å². The van der Waals surface area contributed by atoms with Crippen LogP contribution in [-0.4, -0.2) is 44.1 Å². The van der Waals surface area contributed by atoms with Gasteiger partial charge in [-0.05, 0) is 36.4 Å². The van der Waals surface area contributed by atoms with E-state index in [1.54, 1.807) is 41.2 Å². The summed E-state index contributed by atoms with van der Waals surface area (Å²) in [6, 6.07) is 11.7. The highest BCUT2D eigenvalue weighted by atomic mass is 19.1. The topological polar surface area (TPSA) is 63.9 Å². The van der Waals surface area contributed by atoms with Crippen LogP contribution in [0.3, 0.4) is 0 Å². The number of amides is 1. The van der Waals surface area contributed by atoms with Gasteiger partial charge in [-0.15, -0.1) is 0 Å². The molecule has 146 valence electrons. The maximum atomic E-state index is 13.9. The fourth-order valence-electron chi connectivity index (χ4n) is 3.21. The van der Waals surface area contributed by atoms with E-state index in [9.17, 15) is 9.18 Å². The standard InChI is InChI=1S/C22H20FN5O/c1-27(10-8-17-5-3-4-9-24-17)22(29)19-12-21(15-13-25-28(2)14-15)26-20-7-6-16(23)11-18(19)20/h3-7,9,11-14H,8,10H2,1-2H3. The largest absolute Gasteiger partial charge is 0.341 e. The second-order valence-corrected chi connectivity index (χ2v) is 6.92. The van der Waals surface area contributed by atoms with Crippen molar-refractivity contribution in [3.8, 4) is 11.3 Å². The Labute approximate surface area is 167 Å². The van der Waals surface area contributed by atoms with E-state index < -0.39 is 5.82 Å². The molecule has 0 saturated heterocycles. The summed E-state index contributed by atoms with van der Waals surface area (Å²) < 4.78 is 15.6. The number of carbonyl (C=O) groups excluding carboxylic acids is 1. The van der Waals surface area contributed by atoms with E-state index >= 15 is 0 Å². The summed E-state index contributed by atoms with van der Waals surface area (Å²) in [4.78, 5) is 23.7. The molecule has 29 heavy (non-hydrogen) atoms. The number of halogens is 1. The molecule has 3 heterocycles. The molecule has 1 amide bonds. The van der Waals surface area contributed by atoms with Gasteiger partial charge in [-0.2, -0.15) is 5.10 Å². The van der Waals surface area contributed by atoms with Gasteiger partial charge < -0.3 is 4.90 Å². The summed E-state index contributed by atoms with van der Waals surface area (Å²) in [7, 11) is 3.55. The first-order valence-corrected chi connectivity index (χ1v) is 9.26. The lowest BCUT2D eigenvalue weighted by molar-refractivity contribution is 0.0798. The molecule has 7 heteroatoms. The molecule has 0 N–H and O–H groups in total. The van der Waals surface area contributed by atoms with Crippen LogP contribution in [0.1, 0.15) is 16.1 Å². The van der Waals surface area contributed by atoms with Crippen molar-refractivity contribution in [2.24, 2.45) is 7.05 Å². The first kappa shape index (κ1) is 18.7. The fourth-order valence-corrected chi connectivity index (χ4v) is 3.21. The van der Waals surface area contributed by atoms with E-state index in [2.05, 4.69) is 15.1 Å². The van der Waals surface area contributed by atoms with Crippen molar-refractivity contribution in [2.45, 2.75) is 6.42 Å². The molecule has 1 aromatic carbocycles. The number of rotatable bonds is 5. The van der Waals surface area contributed by atoms with Crippen LogP contribution in [0.2, 0.25) is 0 Å². The van der Waals surface area contributed by atoms with Crippen molar-refractivity contribution >= 4 is 16.8 Å². The third-order valence-electron chi connectivity index (χ3n) is 4.78. The maximum absolute atomic E-state index is 13.9. The van der Waals surface area contributed by atoms with E-state index in [0.29, 0.717) is 35.1 Å². The molecule has 0 bridgehead atoms. The highest BCUT2D eigenvalue weighted by Crippen LogP contribution is 2.26. The molecule has 0 aliphatic carbocycles. The lowest BCUT2D eigenvalue weighted by atomic mass is 10.0. The van der Waals surface area contributed by atoms with Crippen LogP contribution in [0, 0.1) is 5.82 Å². The lowest BCUT2D eigenvalue weighted by Gasteiger charge is -2.18. The van der Waals surface area contributed by atoms with Crippen LogP contribution in [0.5, 0.6) is 0 Å². The maximum Gasteiger partial charge on any atom is 0.254 e. The summed E-state index contributed by atoms with van der Waals surface area (Å²) in [6.07, 6.45) is 5.89. The van der Waals surface area contributed by atoms with Gasteiger partial charge in [0, 0.05) is 56.1 Å². The Balaban J connectivity index is 1.70. The minimum Gasteiger partial charge on any atom is -0.341 e. The number of aromatic nitrogens is 4. The van der Waals surface area contributed by atoms with Crippen LogP contribution in [0.15, 0.2) is 61.1 Å². The van der Waals surface area contributed by atoms with E-state index in [-0.39, 0.29) is 5.91 Å². The molecular formula is C22H20FN5O. The third kappa shape index (κ3) is 3.99. The minimum absolute atomic E-state index is 0.191. The smallest absolute Gasteiger partial charge is 0.254 e. The van der Waals surface area contributed by atoms with Gasteiger partial charge in [-0.1, -0.05) is 6.07 Å². The second-order valence-electron chi connectivity index (χ2n) is 6.92. The van der Waals surface area contributed by atoms with Crippen molar-refractivity contribution in [3.63, 3.8) is 0 Å². The van der Waals surface area contributed by atoms with Gasteiger partial charge in [0.25, 0.3) is 5.91 Å². The molecule has 6 nitrogen and oxygen atoms in total. The SMILES string of the molecule is CN(CCc1ccccn1)C(=O)c1cc(-c2cnn(C)c2)nc2ccc(F)cc12. The van der Waals surface area contributed by atoms with Gasteiger partial charge in [0.05, 0.1) is 23.0 Å². The molecule has 3 aromatic heterocycles. The molecule has 0 spiro atoms. The van der Waals surface area contributed by atoms with Gasteiger partial charge in [0.2, 0.25) is 0 Å². The number of hydrogen-bond donors (Lipinski definition) is 0. The summed E-state index contributed by atoms with van der Waals surface area (Å²) in [5.41, 5.74) is 3.31. The zero-order chi connectivity index (χ0) is 20.4. The molecule has 0 fully saturated rings. The molecule has 0 aliphatic rings. The van der Waals surface area contributed by atoms with Gasteiger partial charge in [-0.25, -0.2) is 9.37 Å². The molecule has 0 saturated carbocycles. The van der Waals surface area contributed by atoms with E-state index in [1.165, 1.54) is 12.1 Å². The summed E-state index contributed by atoms with van der Waals surface area (Å²) >= 11 is 0. The Kier molecular flexibility index (Phi) is 5.03. The summed E-state index contributed by atoms with van der Waals surface area (Å²) in [6.45, 7) is 0.497. The van der Waals surface area contributed by atoms with E-state index in [4.69, 9.17) is 0 Å². The quantitative estimate of drug-likeness (QED) is 0.524. The fraction of sp³-hybridized carbons (Fsp3) is 0.182. The zero-order valence-corrected chi connectivity index (χ0v) is 16.2. The zero-order valence-electron chi connectivity index (χ0n) is 16.2. The van der Waals surface area contributed by atoms with E-state index in [0.717, 1.165) is 11.3 Å². The average Bonchev–Trinajstić information content (AvgIpc) is 3.18. The monoisotopic (exact) mass is 389 g/mol. The molecule has 4 rings (SSSR count). The van der Waals surface area contributed by atoms with Crippen LogP contribution in [0.4, 0.5) is 4.39 Å². The Morgan fingerprint density at radius 1 is 1.21 bits per heavy atom. The van der Waals surface area contributed by atoms with Crippen molar-refractivity contribution in [2.75, 3.05) is 13.6 Å². The Bertz CT molecular complexity index is 1170. The minimum atomic E-state index is -0.404. The van der Waals surface area contributed by atoms with Crippen molar-refractivity contribution < 1.29 is 9.18 Å². The highest BCUT2D eigenvalue weighted by Gasteiger charge is 2.18. The van der Waals surface area contributed by atoms with Crippen LogP contribution < -0.4 is 0 Å². The van der Waals surface area contributed by atoms with E-state index in [1.807, 2.05) is 31.4 Å². The van der Waals surface area contributed by atoms with Crippen LogP contribution in [0.25, 0.3) is 22.2 Å². The van der Waals surface area contributed by atoms with Gasteiger partial charge in [0.15, 0.2) is 0 Å². The number of hydrogen-bond acceptors (Lipinski definition) is 4. The Morgan fingerprint density at radius 3 is 2.79 bits per heavy atom. The number of likely N-dealkylation sites (N-methyl/N-ethyl adjacent to an activating group) is 1. The second kappa shape index (κ2) is 7.79. The Morgan fingerprint density at radius 2 is 2.07 bits per heavy atom. The predicted molar refractivity (Wildman–Crippen MR) is 109 cm³/mol. The van der Waals surface area contributed by atoms with Crippen molar-refractivity contribution in [3.05, 3.63) is 78.1 Å². The Hall–Kier alpha value is -3.61. The number of fused-ring (bicyclic) bond motifs is 1. The van der Waals surface area contributed by atoms with Crippen LogP contribution >= 0.6 is 0 Å². The molecule has 0 aliphatic heterocycles. The highest BCUT2D eigenvalue weighted by molar-refractivity contribution is 6.07. The number of pyridine rings is 2. The third-order valence-corrected chi connectivity index (χ3v) is 4.78. The normalized spacial score (nSPS) is 11.0. The number of aryl methyl sites for hydroxylation is 1. The molecule has 0 radical (unpaired) electrons. The van der Waals surface area contributed by atoms with Gasteiger partial charge >= 0.3 is 0 Å². The first-order chi connectivity index (χ1) is 14.0. The molecule has 4 aromatic rings. The number of nitrogens with zero attached hydrogens (tertiary/aromatic N) is 5.